The summed E-state index contributed by atoms with van der Waals surface area (Å²) in [6, 6.07) is 21.2. The molecule has 0 saturated heterocycles. The van der Waals surface area contributed by atoms with Gasteiger partial charge in [0.05, 0.1) is 13.3 Å². The zero-order chi connectivity index (χ0) is 22.1. The molecule has 2 amide bonds. The Kier molecular flexibility index (Phi) is 7.61. The number of anilines is 1. The van der Waals surface area contributed by atoms with Gasteiger partial charge in [-0.25, -0.2) is 5.43 Å². The molecule has 0 fully saturated rings. The van der Waals surface area contributed by atoms with Gasteiger partial charge in [-0.3, -0.25) is 9.59 Å². The maximum Gasteiger partial charge on any atom is 0.329 e. The number of nitrogens with zero attached hydrogens (tertiary/aromatic N) is 1. The van der Waals surface area contributed by atoms with Gasteiger partial charge in [0.25, 0.3) is 0 Å². The van der Waals surface area contributed by atoms with Gasteiger partial charge in [-0.05, 0) is 59.7 Å². The summed E-state index contributed by atoms with van der Waals surface area (Å²) < 4.78 is 10.8. The van der Waals surface area contributed by atoms with Gasteiger partial charge in [0.2, 0.25) is 0 Å². The van der Waals surface area contributed by atoms with Crippen LogP contribution in [0.15, 0.2) is 77.9 Å². The summed E-state index contributed by atoms with van der Waals surface area (Å²) in [5.74, 6) is -0.432. The number of rotatable bonds is 7. The van der Waals surface area contributed by atoms with Gasteiger partial charge in [0.1, 0.15) is 18.1 Å². The molecule has 2 N–H and O–H groups in total. The summed E-state index contributed by atoms with van der Waals surface area (Å²) in [4.78, 5) is 23.9. The van der Waals surface area contributed by atoms with Crippen molar-refractivity contribution >= 4 is 35.3 Å². The highest BCUT2D eigenvalue weighted by molar-refractivity contribution is 6.39. The van der Waals surface area contributed by atoms with Crippen molar-refractivity contribution in [2.75, 3.05) is 12.4 Å². The molecule has 0 aromatic heterocycles. The molecule has 158 valence electrons. The molecular formula is C23H20ClN3O4. The minimum atomic E-state index is -0.887. The normalized spacial score (nSPS) is 10.5. The number of hydrogen-bond donors (Lipinski definition) is 2. The molecular weight excluding hydrogens is 418 g/mol. The van der Waals surface area contributed by atoms with Gasteiger partial charge < -0.3 is 14.8 Å². The zero-order valence-corrected chi connectivity index (χ0v) is 17.4. The topological polar surface area (TPSA) is 89.0 Å². The maximum atomic E-state index is 11.9. The number of hydrazone groups is 1. The second-order valence-corrected chi connectivity index (χ2v) is 6.81. The number of amides is 2. The van der Waals surface area contributed by atoms with Crippen LogP contribution in [-0.4, -0.2) is 25.1 Å². The van der Waals surface area contributed by atoms with E-state index in [9.17, 15) is 9.59 Å². The van der Waals surface area contributed by atoms with E-state index in [1.807, 2.05) is 18.2 Å². The van der Waals surface area contributed by atoms with Gasteiger partial charge in [-0.15, -0.1) is 0 Å². The molecule has 0 aliphatic heterocycles. The SMILES string of the molecule is COc1ccc(NC(=O)C(=O)NN=Cc2cccc(OCc3ccc(Cl)cc3)c2)cc1. The van der Waals surface area contributed by atoms with Crippen molar-refractivity contribution < 1.29 is 19.1 Å². The highest BCUT2D eigenvalue weighted by Crippen LogP contribution is 2.16. The summed E-state index contributed by atoms with van der Waals surface area (Å²) in [6.45, 7) is 0.389. The van der Waals surface area contributed by atoms with Crippen LogP contribution in [0.2, 0.25) is 5.02 Å². The lowest BCUT2D eigenvalue weighted by molar-refractivity contribution is -0.136. The number of hydrogen-bond acceptors (Lipinski definition) is 5. The predicted molar refractivity (Wildman–Crippen MR) is 120 cm³/mol. The predicted octanol–water partition coefficient (Wildman–Crippen LogP) is 4.02. The van der Waals surface area contributed by atoms with Crippen LogP contribution in [-0.2, 0) is 16.2 Å². The first-order valence-corrected chi connectivity index (χ1v) is 9.67. The van der Waals surface area contributed by atoms with E-state index in [1.54, 1.807) is 61.7 Å². The molecule has 8 heteroatoms. The Morgan fingerprint density at radius 2 is 1.71 bits per heavy atom. The van der Waals surface area contributed by atoms with Crippen LogP contribution in [0, 0.1) is 0 Å². The number of carbonyl (C=O) groups is 2. The van der Waals surface area contributed by atoms with Crippen molar-refractivity contribution in [3.8, 4) is 11.5 Å². The minimum absolute atomic E-state index is 0.389. The van der Waals surface area contributed by atoms with E-state index in [0.717, 1.165) is 5.56 Å². The van der Waals surface area contributed by atoms with Crippen LogP contribution in [0.5, 0.6) is 11.5 Å². The fourth-order valence-electron chi connectivity index (χ4n) is 2.51. The Bertz CT molecular complexity index is 1070. The van der Waals surface area contributed by atoms with Gasteiger partial charge in [-0.2, -0.15) is 5.10 Å². The van der Waals surface area contributed by atoms with Crippen molar-refractivity contribution in [3.05, 3.63) is 88.9 Å². The van der Waals surface area contributed by atoms with Gasteiger partial charge in [0.15, 0.2) is 0 Å². The number of ether oxygens (including phenoxy) is 2. The standard InChI is InChI=1S/C23H20ClN3O4/c1-30-20-11-9-19(10-12-20)26-22(28)23(29)27-25-14-17-3-2-4-21(13-17)31-15-16-5-7-18(24)8-6-16/h2-14H,15H2,1H3,(H,26,28)(H,27,29). The van der Waals surface area contributed by atoms with Crippen LogP contribution in [0.25, 0.3) is 0 Å². The molecule has 0 bridgehead atoms. The summed E-state index contributed by atoms with van der Waals surface area (Å²) in [5.41, 5.74) is 4.35. The van der Waals surface area contributed by atoms with Crippen molar-refractivity contribution in [2.45, 2.75) is 6.61 Å². The lowest BCUT2D eigenvalue weighted by atomic mass is 10.2. The van der Waals surface area contributed by atoms with Crippen molar-refractivity contribution in [3.63, 3.8) is 0 Å². The lowest BCUT2D eigenvalue weighted by Crippen LogP contribution is -2.32. The van der Waals surface area contributed by atoms with E-state index in [4.69, 9.17) is 21.1 Å². The van der Waals surface area contributed by atoms with Crippen LogP contribution in [0.1, 0.15) is 11.1 Å². The Morgan fingerprint density at radius 1 is 0.968 bits per heavy atom. The highest BCUT2D eigenvalue weighted by atomic mass is 35.5. The second-order valence-electron chi connectivity index (χ2n) is 6.37. The Morgan fingerprint density at radius 3 is 2.42 bits per heavy atom. The van der Waals surface area contributed by atoms with Crippen LogP contribution in [0.3, 0.4) is 0 Å². The zero-order valence-electron chi connectivity index (χ0n) is 16.7. The molecule has 7 nitrogen and oxygen atoms in total. The molecule has 3 rings (SSSR count). The second kappa shape index (κ2) is 10.8. The first-order valence-electron chi connectivity index (χ1n) is 9.29. The Balaban J connectivity index is 1.50. The van der Waals surface area contributed by atoms with E-state index < -0.39 is 11.8 Å². The van der Waals surface area contributed by atoms with Crippen molar-refractivity contribution in [1.29, 1.82) is 0 Å². The molecule has 0 aliphatic carbocycles. The number of methoxy groups -OCH3 is 1. The van der Waals surface area contributed by atoms with Crippen molar-refractivity contribution in [1.82, 2.24) is 5.43 Å². The monoisotopic (exact) mass is 437 g/mol. The number of nitrogens with one attached hydrogen (secondary N) is 2. The van der Waals surface area contributed by atoms with Crippen LogP contribution in [0.4, 0.5) is 5.69 Å². The summed E-state index contributed by atoms with van der Waals surface area (Å²) in [5, 5.41) is 6.97. The lowest BCUT2D eigenvalue weighted by Gasteiger charge is -2.07. The third-order valence-electron chi connectivity index (χ3n) is 4.11. The third-order valence-corrected chi connectivity index (χ3v) is 4.36. The molecule has 0 atom stereocenters. The van der Waals surface area contributed by atoms with Crippen LogP contribution < -0.4 is 20.2 Å². The molecule has 3 aromatic carbocycles. The number of carbonyl (C=O) groups excluding carboxylic acids is 2. The van der Waals surface area contributed by atoms with Gasteiger partial charge in [0, 0.05) is 10.7 Å². The minimum Gasteiger partial charge on any atom is -0.497 e. The Labute approximate surface area is 184 Å². The first-order chi connectivity index (χ1) is 15.0. The smallest absolute Gasteiger partial charge is 0.329 e. The fraction of sp³-hybridized carbons (Fsp3) is 0.0870. The molecule has 0 aliphatic rings. The molecule has 31 heavy (non-hydrogen) atoms. The number of benzene rings is 3. The maximum absolute atomic E-state index is 11.9. The third kappa shape index (κ3) is 6.87. The van der Waals surface area contributed by atoms with E-state index in [0.29, 0.717) is 34.4 Å². The summed E-state index contributed by atoms with van der Waals surface area (Å²) >= 11 is 5.88. The Hall–Kier alpha value is -3.84. The molecule has 0 spiro atoms. The summed E-state index contributed by atoms with van der Waals surface area (Å²) in [7, 11) is 1.54. The average Bonchev–Trinajstić information content (AvgIpc) is 2.79. The first kappa shape index (κ1) is 21.9. The van der Waals surface area contributed by atoms with E-state index in [-0.39, 0.29) is 0 Å². The quantitative estimate of drug-likeness (QED) is 0.332. The number of halogens is 1. The molecule has 0 radical (unpaired) electrons. The molecule has 3 aromatic rings. The summed E-state index contributed by atoms with van der Waals surface area (Å²) in [6.07, 6.45) is 1.42. The van der Waals surface area contributed by atoms with E-state index >= 15 is 0 Å². The van der Waals surface area contributed by atoms with Crippen LogP contribution >= 0.6 is 11.6 Å². The largest absolute Gasteiger partial charge is 0.497 e. The average molecular weight is 438 g/mol. The van der Waals surface area contributed by atoms with Gasteiger partial charge in [-0.1, -0.05) is 35.9 Å². The van der Waals surface area contributed by atoms with E-state index in [1.165, 1.54) is 6.21 Å². The van der Waals surface area contributed by atoms with Gasteiger partial charge >= 0.3 is 11.8 Å². The molecule has 0 unspecified atom stereocenters. The molecule has 0 heterocycles. The fourth-order valence-corrected chi connectivity index (χ4v) is 2.64. The highest BCUT2D eigenvalue weighted by Gasteiger charge is 2.12. The van der Waals surface area contributed by atoms with Crippen molar-refractivity contribution in [2.24, 2.45) is 5.10 Å². The van der Waals surface area contributed by atoms with E-state index in [2.05, 4.69) is 15.8 Å². The molecule has 0 saturated carbocycles.